The molecule has 1 heterocycles. The van der Waals surface area contributed by atoms with Crippen molar-refractivity contribution in [2.24, 2.45) is 10.9 Å². The summed E-state index contributed by atoms with van der Waals surface area (Å²) < 4.78 is 10.9. The first kappa shape index (κ1) is 21.7. The predicted octanol–water partition coefficient (Wildman–Crippen LogP) is 2.57. The molecule has 0 radical (unpaired) electrons. The molecule has 0 spiro atoms. The van der Waals surface area contributed by atoms with Crippen LogP contribution in [0.2, 0.25) is 0 Å². The maximum absolute atomic E-state index is 5.55. The van der Waals surface area contributed by atoms with Gasteiger partial charge in [-0.15, -0.1) is 24.0 Å². The van der Waals surface area contributed by atoms with Gasteiger partial charge in [-0.1, -0.05) is 25.5 Å². The number of guanidine groups is 1. The zero-order valence-electron chi connectivity index (χ0n) is 14.2. The van der Waals surface area contributed by atoms with E-state index in [2.05, 4.69) is 35.5 Å². The standard InChI is InChI=1S/C16H31N3O2.HI/c1-14(2)13-21-10-4-8-18-16(17-3)19-9-5-15-6-11-20-12-7-15;/h6,14H,4-5,7-13H2,1-3H3,(H2,17,18,19);1H. The van der Waals surface area contributed by atoms with Crippen molar-refractivity contribution in [3.63, 3.8) is 0 Å². The topological polar surface area (TPSA) is 54.9 Å². The van der Waals surface area contributed by atoms with E-state index in [0.29, 0.717) is 5.92 Å². The molecule has 0 atom stereocenters. The van der Waals surface area contributed by atoms with E-state index in [4.69, 9.17) is 9.47 Å². The number of hydrogen-bond acceptors (Lipinski definition) is 3. The molecule has 1 aliphatic rings. The van der Waals surface area contributed by atoms with Crippen LogP contribution in [-0.2, 0) is 9.47 Å². The molecule has 0 saturated carbocycles. The highest BCUT2D eigenvalue weighted by atomic mass is 127. The molecule has 2 N–H and O–H groups in total. The summed E-state index contributed by atoms with van der Waals surface area (Å²) in [5.41, 5.74) is 1.48. The van der Waals surface area contributed by atoms with E-state index >= 15 is 0 Å². The Morgan fingerprint density at radius 3 is 2.77 bits per heavy atom. The fourth-order valence-corrected chi connectivity index (χ4v) is 2.05. The zero-order chi connectivity index (χ0) is 15.3. The van der Waals surface area contributed by atoms with Crippen molar-refractivity contribution in [1.82, 2.24) is 10.6 Å². The smallest absolute Gasteiger partial charge is 0.190 e. The van der Waals surface area contributed by atoms with E-state index in [1.54, 1.807) is 7.05 Å². The van der Waals surface area contributed by atoms with E-state index < -0.39 is 0 Å². The number of nitrogens with one attached hydrogen (secondary N) is 2. The van der Waals surface area contributed by atoms with Gasteiger partial charge in [-0.2, -0.15) is 0 Å². The third-order valence-electron chi connectivity index (χ3n) is 3.23. The van der Waals surface area contributed by atoms with Gasteiger partial charge in [0.2, 0.25) is 0 Å². The first-order chi connectivity index (χ1) is 10.2. The van der Waals surface area contributed by atoms with Crippen LogP contribution in [0.25, 0.3) is 0 Å². The Kier molecular flexibility index (Phi) is 14.0. The largest absolute Gasteiger partial charge is 0.381 e. The second-order valence-electron chi connectivity index (χ2n) is 5.69. The van der Waals surface area contributed by atoms with Gasteiger partial charge in [0, 0.05) is 33.4 Å². The van der Waals surface area contributed by atoms with Crippen LogP contribution in [0.5, 0.6) is 0 Å². The molecule has 0 amide bonds. The number of nitrogens with zero attached hydrogens (tertiary/aromatic N) is 1. The summed E-state index contributed by atoms with van der Waals surface area (Å²) in [5.74, 6) is 1.47. The fourth-order valence-electron chi connectivity index (χ4n) is 2.05. The first-order valence-corrected chi connectivity index (χ1v) is 8.00. The van der Waals surface area contributed by atoms with Crippen molar-refractivity contribution in [1.29, 1.82) is 0 Å². The normalized spacial score (nSPS) is 15.3. The van der Waals surface area contributed by atoms with Crippen LogP contribution in [0.1, 0.15) is 33.1 Å². The molecule has 130 valence electrons. The van der Waals surface area contributed by atoms with Crippen molar-refractivity contribution in [2.75, 3.05) is 46.6 Å². The Hall–Kier alpha value is -0.340. The molecule has 1 rings (SSSR count). The maximum Gasteiger partial charge on any atom is 0.190 e. The number of hydrogen-bond donors (Lipinski definition) is 2. The molecule has 0 aromatic heterocycles. The number of ether oxygens (including phenoxy) is 2. The van der Waals surface area contributed by atoms with Crippen LogP contribution in [0.3, 0.4) is 0 Å². The molecular weight excluding hydrogens is 393 g/mol. The molecule has 6 heteroatoms. The van der Waals surface area contributed by atoms with Crippen molar-refractivity contribution in [3.05, 3.63) is 11.6 Å². The minimum absolute atomic E-state index is 0. The third kappa shape index (κ3) is 11.3. The monoisotopic (exact) mass is 425 g/mol. The molecule has 0 unspecified atom stereocenters. The van der Waals surface area contributed by atoms with Gasteiger partial charge >= 0.3 is 0 Å². The highest BCUT2D eigenvalue weighted by Crippen LogP contribution is 2.10. The average Bonchev–Trinajstić information content (AvgIpc) is 2.49. The first-order valence-electron chi connectivity index (χ1n) is 8.00. The molecular formula is C16H32IN3O2. The number of aliphatic imine (C=N–C) groups is 1. The van der Waals surface area contributed by atoms with E-state index in [0.717, 1.165) is 64.7 Å². The van der Waals surface area contributed by atoms with Crippen LogP contribution >= 0.6 is 24.0 Å². The summed E-state index contributed by atoms with van der Waals surface area (Å²) in [7, 11) is 1.80. The number of halogens is 1. The lowest BCUT2D eigenvalue weighted by Crippen LogP contribution is -2.38. The van der Waals surface area contributed by atoms with E-state index in [-0.39, 0.29) is 24.0 Å². The van der Waals surface area contributed by atoms with Crippen LogP contribution in [0.15, 0.2) is 16.6 Å². The van der Waals surface area contributed by atoms with Crippen molar-refractivity contribution in [3.8, 4) is 0 Å². The van der Waals surface area contributed by atoms with Gasteiger partial charge in [0.1, 0.15) is 0 Å². The maximum atomic E-state index is 5.55. The second-order valence-corrected chi connectivity index (χ2v) is 5.69. The summed E-state index contributed by atoms with van der Waals surface area (Å²) in [4.78, 5) is 4.23. The predicted molar refractivity (Wildman–Crippen MR) is 103 cm³/mol. The minimum atomic E-state index is 0. The van der Waals surface area contributed by atoms with Crippen LogP contribution in [0, 0.1) is 5.92 Å². The van der Waals surface area contributed by atoms with Crippen molar-refractivity contribution >= 4 is 29.9 Å². The fraction of sp³-hybridized carbons (Fsp3) is 0.812. The lowest BCUT2D eigenvalue weighted by atomic mass is 10.1. The summed E-state index contributed by atoms with van der Waals surface area (Å²) in [6.45, 7) is 9.38. The number of rotatable bonds is 9. The molecule has 0 aliphatic carbocycles. The van der Waals surface area contributed by atoms with Gasteiger partial charge in [0.15, 0.2) is 5.96 Å². The molecule has 0 saturated heterocycles. The lowest BCUT2D eigenvalue weighted by molar-refractivity contribution is 0.108. The molecule has 0 aromatic rings. The Morgan fingerprint density at radius 1 is 1.36 bits per heavy atom. The molecule has 5 nitrogen and oxygen atoms in total. The van der Waals surface area contributed by atoms with E-state index in [1.807, 2.05) is 0 Å². The molecule has 1 aliphatic heterocycles. The van der Waals surface area contributed by atoms with Crippen LogP contribution in [-0.4, -0.2) is 52.5 Å². The zero-order valence-corrected chi connectivity index (χ0v) is 16.5. The van der Waals surface area contributed by atoms with E-state index in [9.17, 15) is 0 Å². The minimum Gasteiger partial charge on any atom is -0.381 e. The molecule has 0 fully saturated rings. The summed E-state index contributed by atoms with van der Waals surface area (Å²) in [6, 6.07) is 0. The van der Waals surface area contributed by atoms with Crippen molar-refractivity contribution < 1.29 is 9.47 Å². The van der Waals surface area contributed by atoms with Gasteiger partial charge in [0.25, 0.3) is 0 Å². The Labute approximate surface area is 152 Å². The van der Waals surface area contributed by atoms with Gasteiger partial charge in [-0.25, -0.2) is 0 Å². The molecule has 22 heavy (non-hydrogen) atoms. The van der Waals surface area contributed by atoms with Gasteiger partial charge < -0.3 is 20.1 Å². The SMILES string of the molecule is CN=C(NCCCOCC(C)C)NCCC1=CCOCC1.I. The Balaban J connectivity index is 0.00000441. The highest BCUT2D eigenvalue weighted by Gasteiger charge is 2.04. The summed E-state index contributed by atoms with van der Waals surface area (Å²) >= 11 is 0. The Bertz CT molecular complexity index is 333. The average molecular weight is 425 g/mol. The van der Waals surface area contributed by atoms with Crippen molar-refractivity contribution in [2.45, 2.75) is 33.1 Å². The molecule has 0 aromatic carbocycles. The molecule has 0 bridgehead atoms. The van der Waals surface area contributed by atoms with Gasteiger partial charge in [0.05, 0.1) is 13.2 Å². The summed E-state index contributed by atoms with van der Waals surface area (Å²) in [6.07, 6.45) is 5.30. The summed E-state index contributed by atoms with van der Waals surface area (Å²) in [5, 5.41) is 6.65. The second kappa shape index (κ2) is 14.3. The van der Waals surface area contributed by atoms with Crippen LogP contribution in [0.4, 0.5) is 0 Å². The van der Waals surface area contributed by atoms with Crippen LogP contribution < -0.4 is 10.6 Å². The lowest BCUT2D eigenvalue weighted by Gasteiger charge is -2.15. The highest BCUT2D eigenvalue weighted by molar-refractivity contribution is 14.0. The quantitative estimate of drug-likeness (QED) is 0.196. The Morgan fingerprint density at radius 2 is 2.14 bits per heavy atom. The van der Waals surface area contributed by atoms with Gasteiger partial charge in [-0.05, 0) is 25.2 Å². The van der Waals surface area contributed by atoms with Gasteiger partial charge in [-0.3, -0.25) is 4.99 Å². The third-order valence-corrected chi connectivity index (χ3v) is 3.23. The van der Waals surface area contributed by atoms with E-state index in [1.165, 1.54) is 5.57 Å².